The largest absolute Gasteiger partial charge is 0.486 e. The van der Waals surface area contributed by atoms with Crippen molar-refractivity contribution in [2.45, 2.75) is 13.5 Å². The highest BCUT2D eigenvalue weighted by Gasteiger charge is 2.14. The molecule has 6 nitrogen and oxygen atoms in total. The van der Waals surface area contributed by atoms with Crippen molar-refractivity contribution in [2.75, 3.05) is 25.2 Å². The summed E-state index contributed by atoms with van der Waals surface area (Å²) in [5.74, 6) is 3.25. The SMILES string of the molecule is Cc1nc(N(C)Cc2ccc3c(c2)OCCO3)c2ccncc2n1. The standard InChI is InChI=1S/C18H18N4O2/c1-12-20-15-10-19-6-5-14(15)18(21-12)22(2)11-13-3-4-16-17(9-13)24-8-7-23-16/h3-6,9-10H,7-8,11H2,1-2H3. The quantitative estimate of drug-likeness (QED) is 0.739. The molecule has 3 heterocycles. The lowest BCUT2D eigenvalue weighted by molar-refractivity contribution is 0.171. The van der Waals surface area contributed by atoms with Crippen molar-refractivity contribution in [2.24, 2.45) is 0 Å². The Bertz CT molecular complexity index is 897. The maximum absolute atomic E-state index is 5.66. The predicted molar refractivity (Wildman–Crippen MR) is 91.6 cm³/mol. The Morgan fingerprint density at radius 3 is 2.79 bits per heavy atom. The van der Waals surface area contributed by atoms with Gasteiger partial charge in [-0.05, 0) is 30.7 Å². The van der Waals surface area contributed by atoms with Crippen LogP contribution in [0.25, 0.3) is 10.9 Å². The summed E-state index contributed by atoms with van der Waals surface area (Å²) in [7, 11) is 2.03. The van der Waals surface area contributed by atoms with Gasteiger partial charge in [-0.25, -0.2) is 9.97 Å². The molecule has 4 rings (SSSR count). The number of nitrogens with zero attached hydrogens (tertiary/aromatic N) is 4. The van der Waals surface area contributed by atoms with Crippen LogP contribution < -0.4 is 14.4 Å². The van der Waals surface area contributed by atoms with E-state index < -0.39 is 0 Å². The molecule has 1 aliphatic rings. The number of pyridine rings is 1. The topological polar surface area (TPSA) is 60.4 Å². The van der Waals surface area contributed by atoms with Crippen molar-refractivity contribution in [3.8, 4) is 11.5 Å². The van der Waals surface area contributed by atoms with Crippen LogP contribution in [0, 0.1) is 6.92 Å². The van der Waals surface area contributed by atoms with Crippen LogP contribution in [-0.2, 0) is 6.54 Å². The lowest BCUT2D eigenvalue weighted by Gasteiger charge is -2.22. The van der Waals surface area contributed by atoms with Gasteiger partial charge < -0.3 is 14.4 Å². The molecule has 122 valence electrons. The predicted octanol–water partition coefficient (Wildman–Crippen LogP) is 2.74. The number of hydrogen-bond acceptors (Lipinski definition) is 6. The van der Waals surface area contributed by atoms with Crippen molar-refractivity contribution >= 4 is 16.7 Å². The van der Waals surface area contributed by atoms with Crippen LogP contribution >= 0.6 is 0 Å². The van der Waals surface area contributed by atoms with E-state index in [0.29, 0.717) is 19.8 Å². The van der Waals surface area contributed by atoms with Gasteiger partial charge in [-0.1, -0.05) is 6.07 Å². The molecular weight excluding hydrogens is 304 g/mol. The van der Waals surface area contributed by atoms with Crippen molar-refractivity contribution < 1.29 is 9.47 Å². The van der Waals surface area contributed by atoms with Gasteiger partial charge in [-0.15, -0.1) is 0 Å². The van der Waals surface area contributed by atoms with Gasteiger partial charge in [0.2, 0.25) is 0 Å². The van der Waals surface area contributed by atoms with Crippen molar-refractivity contribution in [3.05, 3.63) is 48.0 Å². The Kier molecular flexibility index (Phi) is 3.65. The third kappa shape index (κ3) is 2.71. The number of ether oxygens (including phenoxy) is 2. The average molecular weight is 322 g/mol. The molecule has 0 spiro atoms. The maximum Gasteiger partial charge on any atom is 0.161 e. The molecule has 0 saturated carbocycles. The van der Waals surface area contributed by atoms with Crippen LogP contribution in [0.1, 0.15) is 11.4 Å². The summed E-state index contributed by atoms with van der Waals surface area (Å²) < 4.78 is 11.2. The molecule has 0 bridgehead atoms. The highest BCUT2D eigenvalue weighted by molar-refractivity contribution is 5.88. The second kappa shape index (κ2) is 5.96. The summed E-state index contributed by atoms with van der Waals surface area (Å²) in [5, 5.41) is 0.996. The van der Waals surface area contributed by atoms with Gasteiger partial charge in [0.1, 0.15) is 24.9 Å². The molecule has 3 aromatic rings. The molecule has 1 aromatic carbocycles. The smallest absolute Gasteiger partial charge is 0.161 e. The molecular formula is C18H18N4O2. The van der Waals surface area contributed by atoms with Gasteiger partial charge in [-0.3, -0.25) is 4.98 Å². The summed E-state index contributed by atoms with van der Waals surface area (Å²) in [5.41, 5.74) is 1.99. The first-order chi connectivity index (χ1) is 11.7. The molecule has 0 saturated heterocycles. The Hall–Kier alpha value is -2.89. The highest BCUT2D eigenvalue weighted by atomic mass is 16.6. The van der Waals surface area contributed by atoms with Gasteiger partial charge in [-0.2, -0.15) is 0 Å². The van der Waals surface area contributed by atoms with Crippen LogP contribution in [0.3, 0.4) is 0 Å². The van der Waals surface area contributed by atoms with Gasteiger partial charge in [0.15, 0.2) is 11.5 Å². The van der Waals surface area contributed by atoms with E-state index >= 15 is 0 Å². The van der Waals surface area contributed by atoms with E-state index in [0.717, 1.165) is 39.6 Å². The number of benzene rings is 1. The van der Waals surface area contributed by atoms with E-state index in [9.17, 15) is 0 Å². The van der Waals surface area contributed by atoms with Crippen LogP contribution in [0.15, 0.2) is 36.7 Å². The molecule has 0 unspecified atom stereocenters. The number of fused-ring (bicyclic) bond motifs is 2. The third-order valence-electron chi connectivity index (χ3n) is 3.98. The van der Waals surface area contributed by atoms with E-state index in [1.54, 1.807) is 12.4 Å². The molecule has 0 aliphatic carbocycles. The monoisotopic (exact) mass is 322 g/mol. The molecule has 0 atom stereocenters. The first-order valence-corrected chi connectivity index (χ1v) is 7.89. The molecule has 0 N–H and O–H groups in total. The van der Waals surface area contributed by atoms with Gasteiger partial charge in [0.05, 0.1) is 11.7 Å². The fourth-order valence-electron chi connectivity index (χ4n) is 2.90. The molecule has 2 aromatic heterocycles. The van der Waals surface area contributed by atoms with Crippen LogP contribution in [0.2, 0.25) is 0 Å². The Labute approximate surface area is 140 Å². The first-order valence-electron chi connectivity index (χ1n) is 7.89. The van der Waals surface area contributed by atoms with E-state index in [1.807, 2.05) is 32.2 Å². The summed E-state index contributed by atoms with van der Waals surface area (Å²) in [4.78, 5) is 15.3. The number of anilines is 1. The summed E-state index contributed by atoms with van der Waals surface area (Å²) >= 11 is 0. The zero-order valence-corrected chi connectivity index (χ0v) is 13.7. The average Bonchev–Trinajstić information content (AvgIpc) is 2.60. The van der Waals surface area contributed by atoms with E-state index in [1.165, 1.54) is 0 Å². The minimum atomic E-state index is 0.592. The second-order valence-electron chi connectivity index (χ2n) is 5.82. The van der Waals surface area contributed by atoms with E-state index in [2.05, 4.69) is 25.9 Å². The van der Waals surface area contributed by atoms with Crippen molar-refractivity contribution in [3.63, 3.8) is 0 Å². The number of rotatable bonds is 3. The second-order valence-corrected chi connectivity index (χ2v) is 5.82. The fraction of sp³-hybridized carbons (Fsp3) is 0.278. The zero-order valence-electron chi connectivity index (χ0n) is 13.7. The Morgan fingerprint density at radius 2 is 1.92 bits per heavy atom. The maximum atomic E-state index is 5.66. The van der Waals surface area contributed by atoms with Gasteiger partial charge in [0.25, 0.3) is 0 Å². The number of aryl methyl sites for hydroxylation is 1. The highest BCUT2D eigenvalue weighted by Crippen LogP contribution is 2.32. The zero-order chi connectivity index (χ0) is 16.5. The molecule has 0 amide bonds. The number of aromatic nitrogens is 3. The van der Waals surface area contributed by atoms with Gasteiger partial charge in [0, 0.05) is 25.2 Å². The minimum absolute atomic E-state index is 0.592. The lowest BCUT2D eigenvalue weighted by Crippen LogP contribution is -2.20. The first kappa shape index (κ1) is 14.7. The van der Waals surface area contributed by atoms with E-state index in [4.69, 9.17) is 9.47 Å². The van der Waals surface area contributed by atoms with Crippen molar-refractivity contribution in [1.29, 1.82) is 0 Å². The molecule has 0 radical (unpaired) electrons. The summed E-state index contributed by atoms with van der Waals surface area (Å²) in [6, 6.07) is 8.00. The fourth-order valence-corrected chi connectivity index (χ4v) is 2.90. The Balaban J connectivity index is 1.66. The third-order valence-corrected chi connectivity index (χ3v) is 3.98. The van der Waals surface area contributed by atoms with Crippen LogP contribution in [0.5, 0.6) is 11.5 Å². The Morgan fingerprint density at radius 1 is 1.08 bits per heavy atom. The van der Waals surface area contributed by atoms with Crippen LogP contribution in [0.4, 0.5) is 5.82 Å². The molecule has 6 heteroatoms. The summed E-state index contributed by atoms with van der Waals surface area (Å²) in [6.45, 7) is 3.81. The van der Waals surface area contributed by atoms with Crippen molar-refractivity contribution in [1.82, 2.24) is 15.0 Å². The lowest BCUT2D eigenvalue weighted by atomic mass is 10.1. The molecule has 24 heavy (non-hydrogen) atoms. The van der Waals surface area contributed by atoms with Crippen LogP contribution in [-0.4, -0.2) is 35.2 Å². The normalized spacial score (nSPS) is 13.1. The van der Waals surface area contributed by atoms with Gasteiger partial charge >= 0.3 is 0 Å². The van der Waals surface area contributed by atoms with E-state index in [-0.39, 0.29) is 0 Å². The minimum Gasteiger partial charge on any atom is -0.486 e. The molecule has 1 aliphatic heterocycles. The number of hydrogen-bond donors (Lipinski definition) is 0. The molecule has 0 fully saturated rings. The summed E-state index contributed by atoms with van der Waals surface area (Å²) in [6.07, 6.45) is 3.54.